The zero-order chi connectivity index (χ0) is 18.6. The minimum atomic E-state index is -2.82. The van der Waals surface area contributed by atoms with E-state index in [1.165, 1.54) is 19.3 Å². The topological polar surface area (TPSA) is 71.0 Å². The van der Waals surface area contributed by atoms with Crippen molar-refractivity contribution < 1.29 is 13.2 Å². The number of hydrogen-bond donors (Lipinski definition) is 1. The summed E-state index contributed by atoms with van der Waals surface area (Å²) in [5, 5.41) is 3.51. The van der Waals surface area contributed by atoms with E-state index < -0.39 is 9.84 Å². The Balaban J connectivity index is 0.00000261. The second kappa shape index (κ2) is 10.6. The Morgan fingerprint density at radius 1 is 1.19 bits per heavy atom. The van der Waals surface area contributed by atoms with Gasteiger partial charge in [0.25, 0.3) is 0 Å². The lowest BCUT2D eigenvalue weighted by Gasteiger charge is -2.28. The third kappa shape index (κ3) is 7.03. The highest BCUT2D eigenvalue weighted by Crippen LogP contribution is 2.31. The molecule has 0 amide bonds. The molecule has 8 heteroatoms. The Kier molecular flexibility index (Phi) is 9.12. The first-order valence-electron chi connectivity index (χ1n) is 10.2. The molecule has 3 fully saturated rings. The highest BCUT2D eigenvalue weighted by molar-refractivity contribution is 14.0. The second-order valence-electron chi connectivity index (χ2n) is 8.65. The van der Waals surface area contributed by atoms with E-state index in [-0.39, 0.29) is 29.9 Å². The van der Waals surface area contributed by atoms with E-state index in [9.17, 15) is 8.42 Å². The van der Waals surface area contributed by atoms with Gasteiger partial charge >= 0.3 is 0 Å². The smallest absolute Gasteiger partial charge is 0.193 e. The number of rotatable bonds is 5. The molecule has 3 aliphatic rings. The molecular weight excluding hydrogens is 477 g/mol. The zero-order valence-corrected chi connectivity index (χ0v) is 19.9. The summed E-state index contributed by atoms with van der Waals surface area (Å²) in [5.41, 5.74) is 0. The molecule has 158 valence electrons. The molecule has 3 aliphatic heterocycles. The third-order valence-electron chi connectivity index (χ3n) is 5.94. The molecule has 0 spiro atoms. The van der Waals surface area contributed by atoms with Crippen molar-refractivity contribution in [2.24, 2.45) is 28.7 Å². The molecular formula is C19H36IN3O3S. The maximum absolute atomic E-state index is 11.7. The lowest BCUT2D eigenvalue weighted by molar-refractivity contribution is 0.0488. The van der Waals surface area contributed by atoms with Gasteiger partial charge in [-0.05, 0) is 49.4 Å². The van der Waals surface area contributed by atoms with Crippen molar-refractivity contribution in [2.75, 3.05) is 50.9 Å². The maximum Gasteiger partial charge on any atom is 0.193 e. The molecule has 0 radical (unpaired) electrons. The average Bonchev–Trinajstić information content (AvgIpc) is 3.22. The first-order chi connectivity index (χ1) is 12.4. The van der Waals surface area contributed by atoms with E-state index in [0.717, 1.165) is 57.1 Å². The van der Waals surface area contributed by atoms with Crippen LogP contribution in [0.15, 0.2) is 4.99 Å². The van der Waals surface area contributed by atoms with Crippen LogP contribution in [0.4, 0.5) is 0 Å². The van der Waals surface area contributed by atoms with Gasteiger partial charge in [-0.3, -0.25) is 4.99 Å². The number of nitrogens with one attached hydrogen (secondary N) is 1. The van der Waals surface area contributed by atoms with Crippen LogP contribution >= 0.6 is 24.0 Å². The van der Waals surface area contributed by atoms with Crippen LogP contribution in [-0.2, 0) is 14.6 Å². The molecule has 1 N–H and O–H groups in total. The molecule has 0 aliphatic carbocycles. The molecule has 3 rings (SSSR count). The Morgan fingerprint density at radius 2 is 1.93 bits per heavy atom. The van der Waals surface area contributed by atoms with E-state index in [2.05, 4.69) is 24.1 Å². The van der Waals surface area contributed by atoms with Crippen molar-refractivity contribution in [1.29, 1.82) is 0 Å². The van der Waals surface area contributed by atoms with Gasteiger partial charge in [0.2, 0.25) is 0 Å². The van der Waals surface area contributed by atoms with Crippen molar-refractivity contribution in [3.63, 3.8) is 0 Å². The highest BCUT2D eigenvalue weighted by atomic mass is 127. The van der Waals surface area contributed by atoms with E-state index in [4.69, 9.17) is 9.73 Å². The first kappa shape index (κ1) is 23.2. The fourth-order valence-electron chi connectivity index (χ4n) is 4.36. The molecule has 0 saturated carbocycles. The Hall–Kier alpha value is -0.0900. The van der Waals surface area contributed by atoms with Crippen LogP contribution in [-0.4, -0.2) is 70.2 Å². The van der Waals surface area contributed by atoms with Crippen LogP contribution in [0.25, 0.3) is 0 Å². The van der Waals surface area contributed by atoms with E-state index in [1.807, 2.05) is 0 Å². The molecule has 3 heterocycles. The molecule has 2 unspecified atom stereocenters. The number of aliphatic imine (C=N–C) groups is 1. The van der Waals surface area contributed by atoms with Crippen LogP contribution in [0.3, 0.4) is 0 Å². The Morgan fingerprint density at radius 3 is 2.56 bits per heavy atom. The number of hydrogen-bond acceptors (Lipinski definition) is 4. The van der Waals surface area contributed by atoms with Gasteiger partial charge in [0, 0.05) is 39.4 Å². The molecule has 0 aromatic rings. The van der Waals surface area contributed by atoms with Gasteiger partial charge in [0.1, 0.15) is 0 Å². The summed E-state index contributed by atoms with van der Waals surface area (Å²) < 4.78 is 28.9. The number of likely N-dealkylation sites (tertiary alicyclic amines) is 1. The minimum absolute atomic E-state index is 0. The second-order valence-corrected chi connectivity index (χ2v) is 10.9. The van der Waals surface area contributed by atoms with Gasteiger partial charge in [0.05, 0.1) is 11.5 Å². The van der Waals surface area contributed by atoms with Crippen LogP contribution in [0.2, 0.25) is 0 Å². The summed E-state index contributed by atoms with van der Waals surface area (Å²) in [6.07, 6.45) is 4.37. The molecule has 2 atom stereocenters. The van der Waals surface area contributed by atoms with Crippen molar-refractivity contribution >= 4 is 39.8 Å². The van der Waals surface area contributed by atoms with Crippen LogP contribution in [0.5, 0.6) is 0 Å². The predicted molar refractivity (Wildman–Crippen MR) is 121 cm³/mol. The monoisotopic (exact) mass is 513 g/mol. The number of ether oxygens (including phenoxy) is 1. The van der Waals surface area contributed by atoms with Gasteiger partial charge in [-0.25, -0.2) is 8.42 Å². The normalized spacial score (nSPS) is 29.1. The zero-order valence-electron chi connectivity index (χ0n) is 16.7. The molecule has 0 aromatic heterocycles. The van der Waals surface area contributed by atoms with Crippen molar-refractivity contribution in [1.82, 2.24) is 10.2 Å². The van der Waals surface area contributed by atoms with Crippen LogP contribution in [0.1, 0.15) is 39.5 Å². The molecule has 6 nitrogen and oxygen atoms in total. The van der Waals surface area contributed by atoms with E-state index in [0.29, 0.717) is 24.0 Å². The SMILES string of the molecule is CC(C)CN=C(NCC1CCS(=O)(=O)C1)N1CCC(C2CCOCC2)C1.I. The Bertz CT molecular complexity index is 591. The van der Waals surface area contributed by atoms with Gasteiger partial charge in [-0.15, -0.1) is 24.0 Å². The summed E-state index contributed by atoms with van der Waals surface area (Å²) in [6, 6.07) is 0. The van der Waals surface area contributed by atoms with Gasteiger partial charge in [-0.1, -0.05) is 13.8 Å². The molecule has 3 saturated heterocycles. The number of halogens is 1. The third-order valence-corrected chi connectivity index (χ3v) is 7.78. The fourth-order valence-corrected chi connectivity index (χ4v) is 6.22. The van der Waals surface area contributed by atoms with Crippen LogP contribution < -0.4 is 5.32 Å². The van der Waals surface area contributed by atoms with Crippen molar-refractivity contribution in [3.8, 4) is 0 Å². The average molecular weight is 513 g/mol. The van der Waals surface area contributed by atoms with Gasteiger partial charge in [-0.2, -0.15) is 0 Å². The molecule has 0 bridgehead atoms. The number of guanidine groups is 1. The Labute approximate surface area is 181 Å². The standard InChI is InChI=1S/C19H35N3O3S.HI/c1-15(2)11-20-19(21-12-16-6-10-26(23,24)14-16)22-7-3-18(13-22)17-4-8-25-9-5-17;/h15-18H,3-14H2,1-2H3,(H,20,21);1H. The molecule has 0 aromatic carbocycles. The first-order valence-corrected chi connectivity index (χ1v) is 12.1. The highest BCUT2D eigenvalue weighted by Gasteiger charge is 2.33. The van der Waals surface area contributed by atoms with E-state index >= 15 is 0 Å². The predicted octanol–water partition coefficient (Wildman–Crippen LogP) is 2.39. The minimum Gasteiger partial charge on any atom is -0.381 e. The van der Waals surface area contributed by atoms with E-state index in [1.54, 1.807) is 0 Å². The van der Waals surface area contributed by atoms with Crippen molar-refractivity contribution in [2.45, 2.75) is 39.5 Å². The lowest BCUT2D eigenvalue weighted by atomic mass is 9.85. The lowest BCUT2D eigenvalue weighted by Crippen LogP contribution is -2.43. The summed E-state index contributed by atoms with van der Waals surface area (Å²) in [4.78, 5) is 7.23. The van der Waals surface area contributed by atoms with Crippen molar-refractivity contribution in [3.05, 3.63) is 0 Å². The van der Waals surface area contributed by atoms with Gasteiger partial charge in [0.15, 0.2) is 15.8 Å². The largest absolute Gasteiger partial charge is 0.381 e. The fraction of sp³-hybridized carbons (Fsp3) is 0.947. The number of sulfone groups is 1. The number of nitrogens with zero attached hydrogens (tertiary/aromatic N) is 2. The summed E-state index contributed by atoms with van der Waals surface area (Å²) in [6.45, 7) is 9.82. The quantitative estimate of drug-likeness (QED) is 0.348. The molecule has 27 heavy (non-hydrogen) atoms. The summed E-state index contributed by atoms with van der Waals surface area (Å²) in [7, 11) is -2.82. The summed E-state index contributed by atoms with van der Waals surface area (Å²) in [5.74, 6) is 3.90. The summed E-state index contributed by atoms with van der Waals surface area (Å²) >= 11 is 0. The maximum atomic E-state index is 11.7. The van der Waals surface area contributed by atoms with Crippen LogP contribution in [0, 0.1) is 23.7 Å². The van der Waals surface area contributed by atoms with Gasteiger partial charge < -0.3 is 15.0 Å².